The first kappa shape index (κ1) is 13.3. The maximum absolute atomic E-state index is 12.4. The lowest BCUT2D eigenvalue weighted by Crippen LogP contribution is -2.27. The first-order chi connectivity index (χ1) is 10.2. The number of nitro benzene ring substituents is 1. The van der Waals surface area contributed by atoms with Crippen LogP contribution in [0.4, 0.5) is 5.69 Å². The van der Waals surface area contributed by atoms with Crippen molar-refractivity contribution in [2.45, 2.75) is 12.8 Å². The minimum absolute atomic E-state index is 0.0192. The normalized spacial score (nSPS) is 14.4. The van der Waals surface area contributed by atoms with Gasteiger partial charge < -0.3 is 4.90 Å². The molecule has 0 unspecified atom stereocenters. The second-order valence-corrected chi connectivity index (χ2v) is 4.96. The lowest BCUT2D eigenvalue weighted by Gasteiger charge is -2.14. The molecule has 1 amide bonds. The van der Waals surface area contributed by atoms with E-state index >= 15 is 0 Å². The van der Waals surface area contributed by atoms with Gasteiger partial charge in [0, 0.05) is 30.8 Å². The Hall–Kier alpha value is -2.70. The van der Waals surface area contributed by atoms with E-state index in [4.69, 9.17) is 0 Å². The zero-order valence-electron chi connectivity index (χ0n) is 11.3. The molecular weight excluding hydrogens is 272 g/mol. The first-order valence-electron chi connectivity index (χ1n) is 6.74. The van der Waals surface area contributed by atoms with Crippen LogP contribution in [0.1, 0.15) is 23.2 Å². The number of aromatic amines is 1. The molecule has 1 fully saturated rings. The smallest absolute Gasteiger partial charge is 0.269 e. The standard InChI is InChI=1S/C14H14N4O3/c19-14(17-7-1-2-8-17)12-9-15-16-13(12)10-3-5-11(6-4-10)18(20)21/h3-6,9H,1-2,7-8H2,(H,15,16). The number of nitro groups is 1. The first-order valence-corrected chi connectivity index (χ1v) is 6.74. The molecule has 0 bridgehead atoms. The van der Waals surface area contributed by atoms with Crippen LogP contribution in [-0.2, 0) is 0 Å². The molecule has 1 aliphatic heterocycles. The van der Waals surface area contributed by atoms with Crippen molar-refractivity contribution >= 4 is 11.6 Å². The van der Waals surface area contributed by atoms with Crippen molar-refractivity contribution in [3.05, 3.63) is 46.1 Å². The van der Waals surface area contributed by atoms with E-state index in [1.165, 1.54) is 18.3 Å². The van der Waals surface area contributed by atoms with Crippen LogP contribution < -0.4 is 0 Å². The molecule has 7 nitrogen and oxygen atoms in total. The Labute approximate surface area is 120 Å². The molecule has 21 heavy (non-hydrogen) atoms. The summed E-state index contributed by atoms with van der Waals surface area (Å²) in [6, 6.07) is 6.07. The van der Waals surface area contributed by atoms with E-state index in [2.05, 4.69) is 10.2 Å². The van der Waals surface area contributed by atoms with E-state index in [0.29, 0.717) is 16.8 Å². The van der Waals surface area contributed by atoms with Gasteiger partial charge >= 0.3 is 0 Å². The van der Waals surface area contributed by atoms with E-state index in [0.717, 1.165) is 25.9 Å². The van der Waals surface area contributed by atoms with E-state index in [1.54, 1.807) is 17.0 Å². The molecule has 1 saturated heterocycles. The number of likely N-dealkylation sites (tertiary alicyclic amines) is 1. The van der Waals surface area contributed by atoms with Gasteiger partial charge in [0.1, 0.15) is 0 Å². The van der Waals surface area contributed by atoms with Gasteiger partial charge in [0.2, 0.25) is 0 Å². The molecule has 0 radical (unpaired) electrons. The summed E-state index contributed by atoms with van der Waals surface area (Å²) in [5, 5.41) is 17.4. The number of carbonyl (C=O) groups is 1. The van der Waals surface area contributed by atoms with Crippen molar-refractivity contribution in [2.75, 3.05) is 13.1 Å². The topological polar surface area (TPSA) is 92.1 Å². The monoisotopic (exact) mass is 286 g/mol. The number of aromatic nitrogens is 2. The lowest BCUT2D eigenvalue weighted by atomic mass is 10.1. The third-order valence-electron chi connectivity index (χ3n) is 3.63. The average Bonchev–Trinajstić information content (AvgIpc) is 3.18. The van der Waals surface area contributed by atoms with Gasteiger partial charge in [0.15, 0.2) is 0 Å². The van der Waals surface area contributed by atoms with E-state index in [9.17, 15) is 14.9 Å². The Morgan fingerprint density at radius 2 is 1.90 bits per heavy atom. The second kappa shape index (κ2) is 5.35. The number of hydrogen-bond acceptors (Lipinski definition) is 4. The quantitative estimate of drug-likeness (QED) is 0.691. The fourth-order valence-corrected chi connectivity index (χ4v) is 2.51. The number of non-ortho nitro benzene ring substituents is 1. The molecule has 108 valence electrons. The molecule has 0 atom stereocenters. The van der Waals surface area contributed by atoms with Crippen molar-refractivity contribution in [2.24, 2.45) is 0 Å². The summed E-state index contributed by atoms with van der Waals surface area (Å²) in [5.74, 6) is -0.0467. The van der Waals surface area contributed by atoms with Gasteiger partial charge in [0.05, 0.1) is 22.4 Å². The molecular formula is C14H14N4O3. The van der Waals surface area contributed by atoms with Gasteiger partial charge in [-0.3, -0.25) is 20.0 Å². The molecule has 1 N–H and O–H groups in total. The van der Waals surface area contributed by atoms with Crippen molar-refractivity contribution < 1.29 is 9.72 Å². The van der Waals surface area contributed by atoms with Gasteiger partial charge in [-0.05, 0) is 25.0 Å². The summed E-state index contributed by atoms with van der Waals surface area (Å²) in [6.07, 6.45) is 3.56. The summed E-state index contributed by atoms with van der Waals surface area (Å²) < 4.78 is 0. The van der Waals surface area contributed by atoms with E-state index < -0.39 is 4.92 Å². The Morgan fingerprint density at radius 1 is 1.24 bits per heavy atom. The van der Waals surface area contributed by atoms with Gasteiger partial charge in [0.25, 0.3) is 11.6 Å². The van der Waals surface area contributed by atoms with Crippen molar-refractivity contribution in [1.82, 2.24) is 15.1 Å². The molecule has 0 saturated carbocycles. The summed E-state index contributed by atoms with van der Waals surface area (Å²) in [7, 11) is 0. The molecule has 7 heteroatoms. The number of H-pyrrole nitrogens is 1. The summed E-state index contributed by atoms with van der Waals surface area (Å²) in [6.45, 7) is 1.54. The number of carbonyl (C=O) groups excluding carboxylic acids is 1. The average molecular weight is 286 g/mol. The molecule has 1 aromatic heterocycles. The van der Waals surface area contributed by atoms with Crippen LogP contribution in [0, 0.1) is 10.1 Å². The number of nitrogens with zero attached hydrogens (tertiary/aromatic N) is 3. The van der Waals surface area contributed by atoms with Crippen LogP contribution in [0.2, 0.25) is 0 Å². The van der Waals surface area contributed by atoms with Crippen LogP contribution in [0.5, 0.6) is 0 Å². The van der Waals surface area contributed by atoms with Crippen LogP contribution in [0.25, 0.3) is 11.3 Å². The van der Waals surface area contributed by atoms with E-state index in [-0.39, 0.29) is 11.6 Å². The molecule has 1 aromatic carbocycles. The highest BCUT2D eigenvalue weighted by atomic mass is 16.6. The zero-order chi connectivity index (χ0) is 14.8. The Kier molecular flexibility index (Phi) is 3.39. The third kappa shape index (κ3) is 2.49. The van der Waals surface area contributed by atoms with Gasteiger partial charge in [-0.1, -0.05) is 0 Å². The van der Waals surface area contributed by atoms with Gasteiger partial charge in [-0.15, -0.1) is 0 Å². The molecule has 3 rings (SSSR count). The van der Waals surface area contributed by atoms with Gasteiger partial charge in [-0.25, -0.2) is 0 Å². The number of nitrogens with one attached hydrogen (secondary N) is 1. The van der Waals surface area contributed by atoms with Crippen molar-refractivity contribution in [3.63, 3.8) is 0 Å². The summed E-state index contributed by atoms with van der Waals surface area (Å²) >= 11 is 0. The highest BCUT2D eigenvalue weighted by Crippen LogP contribution is 2.25. The van der Waals surface area contributed by atoms with Crippen molar-refractivity contribution in [3.8, 4) is 11.3 Å². The third-order valence-corrected chi connectivity index (χ3v) is 3.63. The predicted molar refractivity (Wildman–Crippen MR) is 75.8 cm³/mol. The lowest BCUT2D eigenvalue weighted by molar-refractivity contribution is -0.384. The van der Waals surface area contributed by atoms with Crippen LogP contribution >= 0.6 is 0 Å². The highest BCUT2D eigenvalue weighted by Gasteiger charge is 2.23. The SMILES string of the molecule is O=C(c1cn[nH]c1-c1ccc([N+](=O)[O-])cc1)N1CCCC1. The fourth-order valence-electron chi connectivity index (χ4n) is 2.51. The fraction of sp³-hybridized carbons (Fsp3) is 0.286. The maximum atomic E-state index is 12.4. The largest absolute Gasteiger partial charge is 0.339 e. The van der Waals surface area contributed by atoms with Crippen LogP contribution in [-0.4, -0.2) is 39.0 Å². The molecule has 2 aromatic rings. The van der Waals surface area contributed by atoms with Crippen LogP contribution in [0.3, 0.4) is 0 Å². The summed E-state index contributed by atoms with van der Waals surface area (Å²) in [5.41, 5.74) is 1.83. The zero-order valence-corrected chi connectivity index (χ0v) is 11.3. The maximum Gasteiger partial charge on any atom is 0.269 e. The Morgan fingerprint density at radius 3 is 2.52 bits per heavy atom. The molecule has 1 aliphatic rings. The highest BCUT2D eigenvalue weighted by molar-refractivity contribution is 5.99. The number of amides is 1. The Bertz CT molecular complexity index is 672. The summed E-state index contributed by atoms with van der Waals surface area (Å²) in [4.78, 5) is 24.5. The number of benzene rings is 1. The molecule has 0 spiro atoms. The number of rotatable bonds is 3. The van der Waals surface area contributed by atoms with Gasteiger partial charge in [-0.2, -0.15) is 5.10 Å². The minimum Gasteiger partial charge on any atom is -0.339 e. The predicted octanol–water partition coefficient (Wildman–Crippen LogP) is 2.22. The van der Waals surface area contributed by atoms with E-state index in [1.807, 2.05) is 0 Å². The molecule has 0 aliphatic carbocycles. The number of hydrogen-bond donors (Lipinski definition) is 1. The van der Waals surface area contributed by atoms with Crippen LogP contribution in [0.15, 0.2) is 30.5 Å². The Balaban J connectivity index is 1.91. The molecule has 2 heterocycles. The van der Waals surface area contributed by atoms with Crippen molar-refractivity contribution in [1.29, 1.82) is 0 Å². The second-order valence-electron chi connectivity index (χ2n) is 4.96. The minimum atomic E-state index is -0.451.